The summed E-state index contributed by atoms with van der Waals surface area (Å²) in [5, 5.41) is -0.425. The van der Waals surface area contributed by atoms with Gasteiger partial charge in [-0.15, -0.1) is 0 Å². The fourth-order valence-corrected chi connectivity index (χ4v) is 3.75. The van der Waals surface area contributed by atoms with Crippen LogP contribution in [0.5, 0.6) is 5.75 Å². The molecule has 1 amide bonds. The van der Waals surface area contributed by atoms with Gasteiger partial charge in [0.25, 0.3) is 0 Å². The van der Waals surface area contributed by atoms with Gasteiger partial charge in [0.2, 0.25) is 11.8 Å². The molecule has 0 saturated carbocycles. The van der Waals surface area contributed by atoms with Crippen LogP contribution in [0.2, 0.25) is 0 Å². The number of carbonyl (C=O) groups excluding carboxylic acids is 3. The SMILES string of the molecule is COc1ccc(COC(=C(C)C=C=O)N2C(=O)[C@H](Br)[C@H]2SC=O)cc1. The highest BCUT2D eigenvalue weighted by atomic mass is 79.9. The fraction of sp³-hybridized carbons (Fsp3) is 0.294. The molecule has 1 heterocycles. The molecule has 2 rings (SSSR count). The summed E-state index contributed by atoms with van der Waals surface area (Å²) < 4.78 is 10.9. The summed E-state index contributed by atoms with van der Waals surface area (Å²) in [6.07, 6.45) is 1.20. The van der Waals surface area contributed by atoms with Crippen LogP contribution in [-0.4, -0.2) is 39.7 Å². The first-order chi connectivity index (χ1) is 12.0. The smallest absolute Gasteiger partial charge is 0.247 e. The normalized spacial score (nSPS) is 20.1. The van der Waals surface area contributed by atoms with Crippen LogP contribution in [0.4, 0.5) is 0 Å². The van der Waals surface area contributed by atoms with Crippen molar-refractivity contribution in [2.24, 2.45) is 0 Å². The van der Waals surface area contributed by atoms with Crippen LogP contribution < -0.4 is 4.74 Å². The van der Waals surface area contributed by atoms with Crippen molar-refractivity contribution >= 4 is 45.2 Å². The van der Waals surface area contributed by atoms with Crippen molar-refractivity contribution in [3.63, 3.8) is 0 Å². The molecule has 1 aliphatic rings. The van der Waals surface area contributed by atoms with E-state index in [9.17, 15) is 14.4 Å². The molecule has 1 aliphatic heterocycles. The van der Waals surface area contributed by atoms with Gasteiger partial charge in [-0.05, 0) is 24.6 Å². The van der Waals surface area contributed by atoms with Crippen LogP contribution in [0.1, 0.15) is 12.5 Å². The second-order valence-corrected chi connectivity index (χ2v) is 7.05. The molecule has 2 atom stereocenters. The van der Waals surface area contributed by atoms with Gasteiger partial charge in [-0.3, -0.25) is 14.5 Å². The van der Waals surface area contributed by atoms with Gasteiger partial charge in [0.15, 0.2) is 5.62 Å². The lowest BCUT2D eigenvalue weighted by atomic mass is 10.1. The van der Waals surface area contributed by atoms with Gasteiger partial charge in [-0.2, -0.15) is 0 Å². The summed E-state index contributed by atoms with van der Waals surface area (Å²) >= 11 is 4.21. The van der Waals surface area contributed by atoms with Gasteiger partial charge in [0, 0.05) is 11.6 Å². The van der Waals surface area contributed by atoms with Gasteiger partial charge >= 0.3 is 0 Å². The molecule has 0 unspecified atom stereocenters. The zero-order valence-corrected chi connectivity index (χ0v) is 16.0. The van der Waals surface area contributed by atoms with Crippen LogP contribution >= 0.6 is 27.7 Å². The van der Waals surface area contributed by atoms with Crippen molar-refractivity contribution in [3.05, 3.63) is 47.4 Å². The molecule has 1 aromatic carbocycles. The zero-order valence-electron chi connectivity index (χ0n) is 13.6. The van der Waals surface area contributed by atoms with E-state index in [1.165, 1.54) is 11.0 Å². The second kappa shape index (κ2) is 8.89. The van der Waals surface area contributed by atoms with Crippen LogP contribution in [0.15, 0.2) is 41.8 Å². The molecule has 1 saturated heterocycles. The minimum Gasteiger partial charge on any atom is -0.497 e. The highest BCUT2D eigenvalue weighted by molar-refractivity contribution is 9.10. The van der Waals surface area contributed by atoms with Crippen molar-refractivity contribution in [3.8, 4) is 5.75 Å². The first-order valence-electron chi connectivity index (χ1n) is 7.27. The number of hydrogen-bond donors (Lipinski definition) is 0. The standard InChI is InChI=1S/C17H16BrNO5S/c1-11(7-8-20)16(19-15(22)14(18)17(19)25-10-21)24-9-12-3-5-13(23-2)6-4-12/h3-7,10,14,17H,9H2,1-2H3/t14-,17+/m0/s1. The first-order valence-corrected chi connectivity index (χ1v) is 9.13. The van der Waals surface area contributed by atoms with E-state index >= 15 is 0 Å². The number of β-lactam (4-membered cyclic amide) rings is 1. The summed E-state index contributed by atoms with van der Waals surface area (Å²) in [6.45, 7) is 1.84. The molecule has 1 fully saturated rings. The molecule has 6 nitrogen and oxygen atoms in total. The van der Waals surface area contributed by atoms with E-state index in [4.69, 9.17) is 9.47 Å². The Morgan fingerprint density at radius 1 is 1.40 bits per heavy atom. The summed E-state index contributed by atoms with van der Waals surface area (Å²) in [7, 11) is 1.58. The minimum absolute atomic E-state index is 0.193. The summed E-state index contributed by atoms with van der Waals surface area (Å²) in [5.41, 5.74) is 1.99. The third kappa shape index (κ3) is 4.34. The number of amides is 1. The average Bonchev–Trinajstić information content (AvgIpc) is 2.64. The van der Waals surface area contributed by atoms with E-state index in [0.717, 1.165) is 23.1 Å². The number of nitrogens with zero attached hydrogens (tertiary/aromatic N) is 1. The molecule has 0 aliphatic carbocycles. The van der Waals surface area contributed by atoms with Crippen LogP contribution in [0, 0.1) is 0 Å². The highest BCUT2D eigenvalue weighted by Crippen LogP contribution is 2.38. The van der Waals surface area contributed by atoms with Gasteiger partial charge in [0.1, 0.15) is 28.5 Å². The van der Waals surface area contributed by atoms with Crippen molar-refractivity contribution in [2.75, 3.05) is 7.11 Å². The Morgan fingerprint density at radius 2 is 2.08 bits per heavy atom. The van der Waals surface area contributed by atoms with Crippen LogP contribution in [0.25, 0.3) is 0 Å². The molecular weight excluding hydrogens is 410 g/mol. The molecule has 0 N–H and O–H groups in total. The van der Waals surface area contributed by atoms with E-state index in [1.54, 1.807) is 32.1 Å². The number of benzene rings is 1. The Labute approximate surface area is 158 Å². The topological polar surface area (TPSA) is 72.9 Å². The molecule has 0 spiro atoms. The lowest BCUT2D eigenvalue weighted by molar-refractivity contribution is -0.141. The van der Waals surface area contributed by atoms with Crippen LogP contribution in [-0.2, 0) is 25.7 Å². The molecule has 0 radical (unpaired) electrons. The van der Waals surface area contributed by atoms with E-state index in [-0.39, 0.29) is 18.4 Å². The third-order valence-corrected chi connectivity index (χ3v) is 5.65. The van der Waals surface area contributed by atoms with E-state index in [0.29, 0.717) is 11.2 Å². The lowest BCUT2D eigenvalue weighted by Gasteiger charge is -2.43. The largest absolute Gasteiger partial charge is 0.497 e. The quantitative estimate of drug-likeness (QED) is 0.159. The van der Waals surface area contributed by atoms with Gasteiger partial charge in [0.05, 0.1) is 7.11 Å². The molecule has 1 aromatic rings. The number of rotatable bonds is 8. The maximum absolute atomic E-state index is 12.2. The minimum atomic E-state index is -0.477. The number of hydrogen-bond acceptors (Lipinski definition) is 6. The molecule has 132 valence electrons. The van der Waals surface area contributed by atoms with Crippen molar-refractivity contribution in [1.82, 2.24) is 4.90 Å². The van der Waals surface area contributed by atoms with Crippen molar-refractivity contribution in [2.45, 2.75) is 23.7 Å². The van der Waals surface area contributed by atoms with Crippen LogP contribution in [0.3, 0.4) is 0 Å². The summed E-state index contributed by atoms with van der Waals surface area (Å²) in [4.78, 5) is 34.6. The predicted octanol–water partition coefficient (Wildman–Crippen LogP) is 2.69. The lowest BCUT2D eigenvalue weighted by Crippen LogP contribution is -2.60. The number of alkyl halides is 1. The number of thioether (sulfide) groups is 1. The number of likely N-dealkylation sites (tertiary alicyclic amines) is 1. The predicted molar refractivity (Wildman–Crippen MR) is 98.4 cm³/mol. The molecular formula is C17H16BrNO5S. The van der Waals surface area contributed by atoms with E-state index in [1.807, 2.05) is 12.1 Å². The van der Waals surface area contributed by atoms with Gasteiger partial charge < -0.3 is 9.47 Å². The monoisotopic (exact) mass is 425 g/mol. The van der Waals surface area contributed by atoms with Crippen molar-refractivity contribution < 1.29 is 23.9 Å². The number of halogens is 1. The molecule has 0 bridgehead atoms. The molecule has 0 aromatic heterocycles. The Bertz CT molecular complexity index is 727. The summed E-state index contributed by atoms with van der Waals surface area (Å²) in [5.74, 6) is 2.41. The van der Waals surface area contributed by atoms with E-state index < -0.39 is 10.2 Å². The van der Waals surface area contributed by atoms with E-state index in [2.05, 4.69) is 15.9 Å². The number of methoxy groups -OCH3 is 1. The third-order valence-electron chi connectivity index (χ3n) is 3.54. The Balaban J connectivity index is 2.22. The zero-order chi connectivity index (χ0) is 18.4. The number of ether oxygens (including phenoxy) is 2. The molecule has 8 heteroatoms. The summed E-state index contributed by atoms with van der Waals surface area (Å²) in [6, 6.07) is 7.28. The Morgan fingerprint density at radius 3 is 2.64 bits per heavy atom. The number of carbonyl (C=O) groups is 2. The highest BCUT2D eigenvalue weighted by Gasteiger charge is 2.49. The Hall–Kier alpha value is -2.02. The van der Waals surface area contributed by atoms with Gasteiger partial charge in [-0.25, -0.2) is 4.79 Å². The molecule has 25 heavy (non-hydrogen) atoms. The van der Waals surface area contributed by atoms with Crippen molar-refractivity contribution in [1.29, 1.82) is 0 Å². The van der Waals surface area contributed by atoms with Gasteiger partial charge in [-0.1, -0.05) is 39.8 Å². The maximum atomic E-state index is 12.2. The first kappa shape index (κ1) is 19.3. The fourth-order valence-electron chi connectivity index (χ4n) is 2.23. The maximum Gasteiger partial charge on any atom is 0.247 e. The Kier molecular flexibility index (Phi) is 6.87. The number of allylic oxidation sites excluding steroid dienone is 2. The second-order valence-electron chi connectivity index (χ2n) is 5.12. The average molecular weight is 426 g/mol.